The van der Waals surface area contributed by atoms with Crippen LogP contribution in [0.5, 0.6) is 0 Å². The lowest BCUT2D eigenvalue weighted by Crippen LogP contribution is -2.55. The van der Waals surface area contributed by atoms with E-state index in [4.69, 9.17) is 10.2 Å². The Morgan fingerprint density at radius 2 is 1.68 bits per heavy atom. The number of unbranched alkanes of at least 4 members (excludes halogenated alkanes) is 1. The molecule has 28 heavy (non-hydrogen) atoms. The number of aliphatic hydroxyl groups excluding tert-OH is 1. The predicted molar refractivity (Wildman–Crippen MR) is 95.8 cm³/mol. The summed E-state index contributed by atoms with van der Waals surface area (Å²) in [5.74, 6) is -0.300. The normalized spacial score (nSPS) is 14.8. The molecule has 0 aliphatic carbocycles. The quantitative estimate of drug-likeness (QED) is 0.372. The third kappa shape index (κ3) is 8.29. The van der Waals surface area contributed by atoms with Crippen LogP contribution in [0.1, 0.15) is 19.3 Å². The van der Waals surface area contributed by atoms with E-state index in [9.17, 15) is 19.2 Å². The molecule has 0 aromatic heterocycles. The van der Waals surface area contributed by atoms with Crippen molar-refractivity contribution in [3.63, 3.8) is 0 Å². The molecule has 12 heteroatoms. The summed E-state index contributed by atoms with van der Waals surface area (Å²) >= 11 is 0. The van der Waals surface area contributed by atoms with Crippen LogP contribution in [-0.2, 0) is 14.3 Å². The summed E-state index contributed by atoms with van der Waals surface area (Å²) in [5, 5.41) is 22.5. The van der Waals surface area contributed by atoms with Gasteiger partial charge in [0.2, 0.25) is 5.91 Å². The number of methoxy groups -OCH3 is 1. The Morgan fingerprint density at radius 1 is 1.04 bits per heavy atom. The van der Waals surface area contributed by atoms with Crippen LogP contribution >= 0.6 is 0 Å². The van der Waals surface area contributed by atoms with Gasteiger partial charge in [0.15, 0.2) is 0 Å². The Balaban J connectivity index is 2.45. The zero-order chi connectivity index (χ0) is 20.9. The second-order valence-corrected chi connectivity index (χ2v) is 6.07. The molecular weight excluding hydrogens is 376 g/mol. The molecule has 1 fully saturated rings. The van der Waals surface area contributed by atoms with Gasteiger partial charge in [-0.3, -0.25) is 4.79 Å². The van der Waals surface area contributed by atoms with Crippen LogP contribution in [-0.4, -0.2) is 103 Å². The minimum Gasteiger partial charge on any atom is -0.465 e. The van der Waals surface area contributed by atoms with E-state index in [0.29, 0.717) is 25.8 Å². The van der Waals surface area contributed by atoms with Gasteiger partial charge in [-0.1, -0.05) is 0 Å². The maximum absolute atomic E-state index is 12.7. The Kier molecular flexibility index (Phi) is 10.5. The maximum Gasteiger partial charge on any atom is 0.407 e. The van der Waals surface area contributed by atoms with Crippen molar-refractivity contribution in [3.8, 4) is 0 Å². The lowest BCUT2D eigenvalue weighted by Gasteiger charge is -2.35. The smallest absolute Gasteiger partial charge is 0.407 e. The van der Waals surface area contributed by atoms with Crippen LogP contribution in [0.4, 0.5) is 14.4 Å². The molecule has 1 unspecified atom stereocenters. The highest BCUT2D eigenvalue weighted by Crippen LogP contribution is 2.09. The van der Waals surface area contributed by atoms with Crippen LogP contribution in [0.25, 0.3) is 0 Å². The Bertz CT molecular complexity index is 537. The number of alkyl carbamates (subject to hydrolysis) is 2. The van der Waals surface area contributed by atoms with E-state index in [1.54, 1.807) is 0 Å². The first kappa shape index (κ1) is 23.3. The molecule has 1 atom stereocenters. The molecule has 160 valence electrons. The molecule has 0 aromatic carbocycles. The van der Waals surface area contributed by atoms with Gasteiger partial charge in [0, 0.05) is 32.7 Å². The fourth-order valence-electron chi connectivity index (χ4n) is 2.65. The average molecular weight is 404 g/mol. The van der Waals surface area contributed by atoms with Crippen LogP contribution in [0.2, 0.25) is 0 Å². The first-order valence-corrected chi connectivity index (χ1v) is 9.01. The van der Waals surface area contributed by atoms with Crippen LogP contribution in [0.15, 0.2) is 0 Å². The van der Waals surface area contributed by atoms with E-state index in [-0.39, 0.29) is 45.3 Å². The van der Waals surface area contributed by atoms with Crippen molar-refractivity contribution < 1.29 is 38.9 Å². The lowest BCUT2D eigenvalue weighted by molar-refractivity contribution is -0.135. The number of piperazine rings is 1. The number of hydrogen-bond donors (Lipinski definition) is 4. The molecule has 0 saturated carbocycles. The van der Waals surface area contributed by atoms with Gasteiger partial charge in [0.05, 0.1) is 13.7 Å². The predicted octanol–water partition coefficient (Wildman–Crippen LogP) is -0.578. The summed E-state index contributed by atoms with van der Waals surface area (Å²) in [6.07, 6.45) is -0.968. The number of rotatable bonds is 9. The van der Waals surface area contributed by atoms with Gasteiger partial charge in [-0.15, -0.1) is 0 Å². The number of carbonyl (C=O) groups is 4. The second kappa shape index (κ2) is 12.6. The van der Waals surface area contributed by atoms with E-state index in [1.165, 1.54) is 16.9 Å². The molecule has 1 saturated heterocycles. The molecule has 1 aliphatic heterocycles. The highest BCUT2D eigenvalue weighted by Gasteiger charge is 2.29. The molecule has 0 spiro atoms. The van der Waals surface area contributed by atoms with Crippen molar-refractivity contribution in [3.05, 3.63) is 0 Å². The van der Waals surface area contributed by atoms with Crippen molar-refractivity contribution in [2.75, 3.05) is 53.0 Å². The van der Waals surface area contributed by atoms with Gasteiger partial charge in [0.1, 0.15) is 12.6 Å². The molecule has 4 amide bonds. The van der Waals surface area contributed by atoms with Gasteiger partial charge in [-0.2, -0.15) is 0 Å². The lowest BCUT2D eigenvalue weighted by atomic mass is 10.1. The number of carbonyl (C=O) groups excluding carboxylic acids is 3. The van der Waals surface area contributed by atoms with Crippen molar-refractivity contribution >= 4 is 24.2 Å². The number of carboxylic acid groups (broad SMARTS) is 1. The van der Waals surface area contributed by atoms with Gasteiger partial charge >= 0.3 is 18.3 Å². The van der Waals surface area contributed by atoms with Gasteiger partial charge in [-0.05, 0) is 19.3 Å². The Hall–Kier alpha value is -2.76. The number of nitrogens with one attached hydrogen (secondary N) is 2. The van der Waals surface area contributed by atoms with Crippen LogP contribution in [0.3, 0.4) is 0 Å². The third-order valence-corrected chi connectivity index (χ3v) is 4.15. The van der Waals surface area contributed by atoms with Crippen molar-refractivity contribution in [2.45, 2.75) is 25.3 Å². The summed E-state index contributed by atoms with van der Waals surface area (Å²) in [7, 11) is 1.20. The molecule has 12 nitrogen and oxygen atoms in total. The summed E-state index contributed by atoms with van der Waals surface area (Å²) in [4.78, 5) is 49.2. The summed E-state index contributed by atoms with van der Waals surface area (Å²) in [5.41, 5.74) is 0. The number of ether oxygens (including phenoxy) is 2. The highest BCUT2D eigenvalue weighted by atomic mass is 16.6. The van der Waals surface area contributed by atoms with E-state index in [0.717, 1.165) is 0 Å². The Labute approximate surface area is 162 Å². The fourth-order valence-corrected chi connectivity index (χ4v) is 2.65. The minimum absolute atomic E-state index is 0.0827. The molecule has 4 N–H and O–H groups in total. The summed E-state index contributed by atoms with van der Waals surface area (Å²) in [6.45, 7) is 0.918. The molecule has 0 aromatic rings. The van der Waals surface area contributed by atoms with Gasteiger partial charge in [-0.25, -0.2) is 14.4 Å². The van der Waals surface area contributed by atoms with Crippen molar-refractivity contribution in [2.24, 2.45) is 0 Å². The molecule has 1 rings (SSSR count). The van der Waals surface area contributed by atoms with E-state index in [2.05, 4.69) is 20.1 Å². The molecule has 1 aliphatic rings. The van der Waals surface area contributed by atoms with Crippen LogP contribution in [0, 0.1) is 0 Å². The summed E-state index contributed by atoms with van der Waals surface area (Å²) < 4.78 is 9.21. The van der Waals surface area contributed by atoms with Crippen molar-refractivity contribution in [1.82, 2.24) is 20.4 Å². The second-order valence-electron chi connectivity index (χ2n) is 6.07. The van der Waals surface area contributed by atoms with Crippen molar-refractivity contribution in [1.29, 1.82) is 0 Å². The van der Waals surface area contributed by atoms with Crippen LogP contribution < -0.4 is 10.6 Å². The first-order valence-electron chi connectivity index (χ1n) is 9.01. The van der Waals surface area contributed by atoms with E-state index in [1.807, 2.05) is 0 Å². The molecule has 0 bridgehead atoms. The van der Waals surface area contributed by atoms with Gasteiger partial charge < -0.3 is 40.1 Å². The van der Waals surface area contributed by atoms with E-state index < -0.39 is 24.3 Å². The number of amides is 4. The standard InChI is InChI=1S/C16H28N4O8/c1-27-15(24)18-12(4-2-3-5-17-14(23)28-11-10-21)13(22)19-6-8-20(9-7-19)16(25)26/h12,21H,2-11H2,1H3,(H,17,23)(H,18,24)(H,25,26). The average Bonchev–Trinajstić information content (AvgIpc) is 2.70. The third-order valence-electron chi connectivity index (χ3n) is 4.15. The number of aliphatic hydroxyl groups is 1. The zero-order valence-corrected chi connectivity index (χ0v) is 15.9. The summed E-state index contributed by atoms with van der Waals surface area (Å²) in [6, 6.07) is -0.801. The zero-order valence-electron chi connectivity index (χ0n) is 15.9. The monoisotopic (exact) mass is 404 g/mol. The number of nitrogens with zero attached hydrogens (tertiary/aromatic N) is 2. The number of hydrogen-bond acceptors (Lipinski definition) is 7. The van der Waals surface area contributed by atoms with Gasteiger partial charge in [0.25, 0.3) is 0 Å². The highest BCUT2D eigenvalue weighted by molar-refractivity contribution is 5.85. The van der Waals surface area contributed by atoms with E-state index >= 15 is 0 Å². The molecule has 1 heterocycles. The SMILES string of the molecule is COC(=O)NC(CCCCNC(=O)OCCO)C(=O)N1CCN(C(=O)O)CC1. The largest absolute Gasteiger partial charge is 0.465 e. The molecule has 0 radical (unpaired) electrons. The first-order chi connectivity index (χ1) is 13.4. The topological polar surface area (TPSA) is 158 Å². The fraction of sp³-hybridized carbons (Fsp3) is 0.750. The minimum atomic E-state index is -1.03. The molecular formula is C16H28N4O8. The maximum atomic E-state index is 12.7. The Morgan fingerprint density at radius 3 is 2.25 bits per heavy atom.